The standard InChI is InChI=1S/C19H16Cl2N4O3/c1-11(18(26)23-15-9-14(21)7-8-17(15)28-2)25-19(27)24-16(10-22-25)12-3-5-13(20)6-4-12/h3-11H,1-2H3,(H,23,26). The molecule has 1 atom stereocenters. The average Bonchev–Trinajstić information content (AvgIpc) is 2.68. The van der Waals surface area contributed by atoms with Gasteiger partial charge in [-0.2, -0.15) is 10.1 Å². The molecular weight excluding hydrogens is 403 g/mol. The SMILES string of the molecule is COc1ccc(Cl)cc1NC(=O)C(C)n1ncc(-c2ccc(Cl)cc2)nc1=O. The summed E-state index contributed by atoms with van der Waals surface area (Å²) in [7, 11) is 1.48. The van der Waals surface area contributed by atoms with Crippen molar-refractivity contribution in [2.75, 3.05) is 12.4 Å². The fourth-order valence-corrected chi connectivity index (χ4v) is 2.80. The van der Waals surface area contributed by atoms with E-state index in [1.807, 2.05) is 0 Å². The Bertz CT molecular complexity index is 1070. The lowest BCUT2D eigenvalue weighted by Gasteiger charge is -2.15. The van der Waals surface area contributed by atoms with E-state index in [2.05, 4.69) is 15.4 Å². The molecule has 1 aromatic heterocycles. The first-order valence-corrected chi connectivity index (χ1v) is 9.01. The second-order valence-corrected chi connectivity index (χ2v) is 6.76. The molecule has 144 valence electrons. The van der Waals surface area contributed by atoms with Crippen molar-refractivity contribution in [1.82, 2.24) is 14.8 Å². The third kappa shape index (κ3) is 4.32. The van der Waals surface area contributed by atoms with Crippen molar-refractivity contribution in [3.05, 3.63) is 69.2 Å². The molecule has 1 N–H and O–H groups in total. The van der Waals surface area contributed by atoms with Crippen molar-refractivity contribution in [2.24, 2.45) is 0 Å². The van der Waals surface area contributed by atoms with E-state index >= 15 is 0 Å². The summed E-state index contributed by atoms with van der Waals surface area (Å²) in [5.74, 6) is -0.0160. The van der Waals surface area contributed by atoms with Crippen molar-refractivity contribution in [3.63, 3.8) is 0 Å². The number of carbonyl (C=O) groups excluding carboxylic acids is 1. The number of hydrogen-bond acceptors (Lipinski definition) is 5. The van der Waals surface area contributed by atoms with E-state index in [9.17, 15) is 9.59 Å². The second kappa shape index (κ2) is 8.41. The fraction of sp³-hybridized carbons (Fsp3) is 0.158. The predicted molar refractivity (Wildman–Crippen MR) is 108 cm³/mol. The van der Waals surface area contributed by atoms with Gasteiger partial charge in [0, 0.05) is 15.6 Å². The first kappa shape index (κ1) is 19.9. The third-order valence-electron chi connectivity index (χ3n) is 4.02. The van der Waals surface area contributed by atoms with Crippen LogP contribution >= 0.6 is 23.2 Å². The fourth-order valence-electron chi connectivity index (χ4n) is 2.50. The maximum atomic E-state index is 12.6. The number of carbonyl (C=O) groups is 1. The number of ether oxygens (including phenoxy) is 1. The van der Waals surface area contributed by atoms with Gasteiger partial charge in [0.2, 0.25) is 5.91 Å². The maximum Gasteiger partial charge on any atom is 0.365 e. The van der Waals surface area contributed by atoms with E-state index in [1.165, 1.54) is 13.3 Å². The molecule has 0 aliphatic carbocycles. The zero-order valence-corrected chi connectivity index (χ0v) is 16.5. The summed E-state index contributed by atoms with van der Waals surface area (Å²) in [5, 5.41) is 7.79. The van der Waals surface area contributed by atoms with Gasteiger partial charge in [-0.3, -0.25) is 4.79 Å². The summed E-state index contributed by atoms with van der Waals surface area (Å²) < 4.78 is 6.21. The van der Waals surface area contributed by atoms with Crippen molar-refractivity contribution in [1.29, 1.82) is 0 Å². The molecule has 0 spiro atoms. The highest BCUT2D eigenvalue weighted by Crippen LogP contribution is 2.28. The van der Waals surface area contributed by atoms with Crippen LogP contribution < -0.4 is 15.7 Å². The largest absolute Gasteiger partial charge is 0.495 e. The van der Waals surface area contributed by atoms with Crippen LogP contribution in [0.15, 0.2) is 53.5 Å². The van der Waals surface area contributed by atoms with Crippen molar-refractivity contribution in [3.8, 4) is 17.0 Å². The van der Waals surface area contributed by atoms with Gasteiger partial charge in [0.15, 0.2) is 0 Å². The highest BCUT2D eigenvalue weighted by atomic mass is 35.5. The summed E-state index contributed by atoms with van der Waals surface area (Å²) in [4.78, 5) is 29.0. The van der Waals surface area contributed by atoms with Gasteiger partial charge in [-0.25, -0.2) is 9.48 Å². The lowest BCUT2D eigenvalue weighted by Crippen LogP contribution is -2.34. The van der Waals surface area contributed by atoms with Crippen LogP contribution in [0.3, 0.4) is 0 Å². The molecule has 1 heterocycles. The van der Waals surface area contributed by atoms with Crippen LogP contribution in [-0.2, 0) is 4.79 Å². The van der Waals surface area contributed by atoms with Gasteiger partial charge in [-0.15, -0.1) is 0 Å². The normalized spacial score (nSPS) is 11.7. The molecule has 0 saturated carbocycles. The highest BCUT2D eigenvalue weighted by molar-refractivity contribution is 6.31. The Morgan fingerprint density at radius 1 is 1.14 bits per heavy atom. The zero-order valence-electron chi connectivity index (χ0n) is 15.0. The lowest BCUT2D eigenvalue weighted by atomic mass is 10.2. The molecule has 28 heavy (non-hydrogen) atoms. The molecule has 0 bridgehead atoms. The molecule has 1 amide bonds. The van der Waals surface area contributed by atoms with E-state index in [-0.39, 0.29) is 0 Å². The number of hydrogen-bond donors (Lipinski definition) is 1. The number of nitrogens with zero attached hydrogens (tertiary/aromatic N) is 3. The molecule has 2 aromatic carbocycles. The number of amides is 1. The number of nitrogens with one attached hydrogen (secondary N) is 1. The molecule has 0 aliphatic heterocycles. The van der Waals surface area contributed by atoms with Crippen LogP contribution in [0.4, 0.5) is 5.69 Å². The monoisotopic (exact) mass is 418 g/mol. The second-order valence-electron chi connectivity index (χ2n) is 5.89. The molecule has 3 rings (SSSR count). The number of benzene rings is 2. The van der Waals surface area contributed by atoms with Gasteiger partial charge in [0.25, 0.3) is 0 Å². The number of aromatic nitrogens is 3. The summed E-state index contributed by atoms with van der Waals surface area (Å²) in [6, 6.07) is 10.8. The highest BCUT2D eigenvalue weighted by Gasteiger charge is 2.20. The first-order valence-electron chi connectivity index (χ1n) is 8.25. The smallest absolute Gasteiger partial charge is 0.365 e. The maximum absolute atomic E-state index is 12.6. The van der Waals surface area contributed by atoms with Gasteiger partial charge >= 0.3 is 5.69 Å². The van der Waals surface area contributed by atoms with Crippen LogP contribution in [0.2, 0.25) is 10.0 Å². The minimum atomic E-state index is -0.900. The van der Waals surface area contributed by atoms with E-state index in [4.69, 9.17) is 27.9 Å². The molecule has 0 saturated heterocycles. The van der Waals surface area contributed by atoms with E-state index < -0.39 is 17.6 Å². The van der Waals surface area contributed by atoms with Gasteiger partial charge in [0.05, 0.1) is 24.7 Å². The summed E-state index contributed by atoms with van der Waals surface area (Å²) >= 11 is 11.8. The number of rotatable bonds is 5. The molecule has 0 fully saturated rings. The first-order chi connectivity index (χ1) is 13.4. The summed E-state index contributed by atoms with van der Waals surface area (Å²) in [6.45, 7) is 1.55. The molecule has 7 nitrogen and oxygen atoms in total. The number of anilines is 1. The summed E-state index contributed by atoms with van der Waals surface area (Å²) in [5.41, 5.74) is 0.836. The quantitative estimate of drug-likeness (QED) is 0.680. The van der Waals surface area contributed by atoms with Crippen LogP contribution in [0.25, 0.3) is 11.3 Å². The van der Waals surface area contributed by atoms with E-state index in [0.717, 1.165) is 4.68 Å². The van der Waals surface area contributed by atoms with Gasteiger partial charge < -0.3 is 10.1 Å². The van der Waals surface area contributed by atoms with Crippen LogP contribution in [0.5, 0.6) is 5.75 Å². The molecule has 0 aliphatic rings. The minimum absolute atomic E-state index is 0.391. The minimum Gasteiger partial charge on any atom is -0.495 e. The number of methoxy groups -OCH3 is 1. The molecule has 3 aromatic rings. The van der Waals surface area contributed by atoms with Gasteiger partial charge in [0.1, 0.15) is 11.8 Å². The average molecular weight is 419 g/mol. The third-order valence-corrected chi connectivity index (χ3v) is 4.51. The van der Waals surface area contributed by atoms with Gasteiger partial charge in [-0.1, -0.05) is 35.3 Å². The Hall–Kier alpha value is -2.90. The Kier molecular flexibility index (Phi) is 5.96. The molecule has 9 heteroatoms. The molecule has 0 radical (unpaired) electrons. The summed E-state index contributed by atoms with van der Waals surface area (Å²) in [6.07, 6.45) is 1.42. The Morgan fingerprint density at radius 3 is 2.46 bits per heavy atom. The van der Waals surface area contributed by atoms with E-state index in [1.54, 1.807) is 49.4 Å². The molecule has 1 unspecified atom stereocenters. The lowest BCUT2D eigenvalue weighted by molar-refractivity contribution is -0.119. The van der Waals surface area contributed by atoms with Crippen molar-refractivity contribution >= 4 is 34.8 Å². The van der Waals surface area contributed by atoms with Crippen LogP contribution in [-0.4, -0.2) is 27.8 Å². The van der Waals surface area contributed by atoms with E-state index in [0.29, 0.717) is 32.7 Å². The zero-order chi connectivity index (χ0) is 20.3. The van der Waals surface area contributed by atoms with Gasteiger partial charge in [-0.05, 0) is 37.3 Å². The topological polar surface area (TPSA) is 86.1 Å². The Morgan fingerprint density at radius 2 is 1.82 bits per heavy atom. The van der Waals surface area contributed by atoms with Crippen LogP contribution in [0, 0.1) is 0 Å². The van der Waals surface area contributed by atoms with Crippen molar-refractivity contribution < 1.29 is 9.53 Å². The predicted octanol–water partition coefficient (Wildman–Crippen LogP) is 3.82. The number of halogens is 2. The van der Waals surface area contributed by atoms with Crippen LogP contribution in [0.1, 0.15) is 13.0 Å². The molecular formula is C19H16Cl2N4O3. The Balaban J connectivity index is 1.83. The Labute approximate surface area is 170 Å². The van der Waals surface area contributed by atoms with Crippen molar-refractivity contribution in [2.45, 2.75) is 13.0 Å².